The van der Waals surface area contributed by atoms with E-state index in [0.717, 1.165) is 30.7 Å². The second-order valence-corrected chi connectivity index (χ2v) is 5.43. The van der Waals surface area contributed by atoms with Crippen LogP contribution in [0.4, 0.5) is 0 Å². The summed E-state index contributed by atoms with van der Waals surface area (Å²) in [6.07, 6.45) is 5.41. The first-order chi connectivity index (χ1) is 8.16. The predicted octanol–water partition coefficient (Wildman–Crippen LogP) is 3.61. The number of nitrogens with one attached hydrogen (secondary N) is 1. The highest BCUT2D eigenvalue weighted by atomic mass is 16.3. The normalized spacial score (nSPS) is 29.1. The molecule has 1 aromatic heterocycles. The molecule has 0 amide bonds. The van der Waals surface area contributed by atoms with Crippen molar-refractivity contribution in [3.8, 4) is 0 Å². The summed E-state index contributed by atoms with van der Waals surface area (Å²) < 4.78 is 5.32. The minimum atomic E-state index is 0.683. The van der Waals surface area contributed by atoms with Gasteiger partial charge in [-0.15, -0.1) is 0 Å². The fraction of sp³-hybridized carbons (Fsp3) is 0.600. The average Bonchev–Trinajstić information content (AvgIpc) is 2.74. The van der Waals surface area contributed by atoms with Crippen LogP contribution in [0.1, 0.15) is 33.0 Å². The number of hydrogen-bond donors (Lipinski definition) is 1. The average molecular weight is 233 g/mol. The minimum absolute atomic E-state index is 0.683. The van der Waals surface area contributed by atoms with E-state index in [0.29, 0.717) is 5.92 Å². The molecule has 0 aliphatic heterocycles. The predicted molar refractivity (Wildman–Crippen MR) is 70.6 cm³/mol. The van der Waals surface area contributed by atoms with E-state index in [2.05, 4.69) is 32.2 Å². The van der Waals surface area contributed by atoms with Crippen molar-refractivity contribution in [3.63, 3.8) is 0 Å². The number of rotatable bonds is 4. The Morgan fingerprint density at radius 2 is 2.24 bits per heavy atom. The van der Waals surface area contributed by atoms with Crippen molar-refractivity contribution in [2.45, 2.75) is 33.7 Å². The van der Waals surface area contributed by atoms with Gasteiger partial charge in [-0.05, 0) is 49.8 Å². The Hall–Kier alpha value is -1.02. The molecule has 1 aromatic rings. The molecule has 17 heavy (non-hydrogen) atoms. The molecule has 2 nitrogen and oxygen atoms in total. The minimum Gasteiger partial charge on any atom is -0.468 e. The Labute approximate surface area is 104 Å². The molecule has 0 saturated carbocycles. The van der Waals surface area contributed by atoms with Gasteiger partial charge in [0.1, 0.15) is 5.76 Å². The zero-order valence-corrected chi connectivity index (χ0v) is 11.1. The number of allylic oxidation sites excluding steroid dienone is 2. The highest BCUT2D eigenvalue weighted by molar-refractivity contribution is 5.08. The summed E-state index contributed by atoms with van der Waals surface area (Å²) in [5.41, 5.74) is 1.55. The van der Waals surface area contributed by atoms with E-state index in [4.69, 9.17) is 4.42 Å². The maximum absolute atomic E-state index is 5.32. The summed E-state index contributed by atoms with van der Waals surface area (Å²) in [4.78, 5) is 0. The third-order valence-electron chi connectivity index (χ3n) is 3.86. The van der Waals surface area contributed by atoms with E-state index in [1.165, 1.54) is 6.42 Å². The summed E-state index contributed by atoms with van der Waals surface area (Å²) >= 11 is 0. The lowest BCUT2D eigenvalue weighted by molar-refractivity contribution is 0.258. The van der Waals surface area contributed by atoms with Crippen molar-refractivity contribution >= 4 is 0 Å². The Balaban J connectivity index is 1.82. The molecule has 2 heteroatoms. The molecule has 0 spiro atoms. The molecule has 1 aliphatic rings. The van der Waals surface area contributed by atoms with E-state index < -0.39 is 0 Å². The largest absolute Gasteiger partial charge is 0.468 e. The van der Waals surface area contributed by atoms with Gasteiger partial charge in [-0.25, -0.2) is 0 Å². The molecule has 2 rings (SSSR count). The number of hydrogen-bond acceptors (Lipinski definition) is 2. The first-order valence-electron chi connectivity index (χ1n) is 6.57. The summed E-state index contributed by atoms with van der Waals surface area (Å²) in [7, 11) is 0. The van der Waals surface area contributed by atoms with Crippen molar-refractivity contribution in [1.82, 2.24) is 5.32 Å². The van der Waals surface area contributed by atoms with Gasteiger partial charge < -0.3 is 9.73 Å². The lowest BCUT2D eigenvalue weighted by Crippen LogP contribution is -2.33. The molecule has 0 aromatic carbocycles. The molecule has 94 valence electrons. The monoisotopic (exact) mass is 233 g/mol. The van der Waals surface area contributed by atoms with E-state index in [9.17, 15) is 0 Å². The van der Waals surface area contributed by atoms with Gasteiger partial charge in [0.15, 0.2) is 0 Å². The molecule has 0 fully saturated rings. The van der Waals surface area contributed by atoms with Gasteiger partial charge in [-0.1, -0.05) is 25.5 Å². The van der Waals surface area contributed by atoms with Gasteiger partial charge in [0.2, 0.25) is 0 Å². The van der Waals surface area contributed by atoms with Crippen molar-refractivity contribution in [2.24, 2.45) is 17.8 Å². The molecule has 3 atom stereocenters. The van der Waals surface area contributed by atoms with Crippen LogP contribution in [0.25, 0.3) is 0 Å². The standard InChI is InChI=1S/C15H23NO/c1-11-7-12(2)15(13(3)8-11)10-16-9-14-5-4-6-17-14/h4-7,12-13,15-16H,8-10H2,1-3H3. The first-order valence-corrected chi connectivity index (χ1v) is 6.57. The summed E-state index contributed by atoms with van der Waals surface area (Å²) in [5.74, 6) is 3.23. The van der Waals surface area contributed by atoms with Crippen LogP contribution < -0.4 is 5.32 Å². The molecule has 1 N–H and O–H groups in total. The molecule has 0 saturated heterocycles. The third kappa shape index (κ3) is 3.22. The molecule has 0 bridgehead atoms. The first kappa shape index (κ1) is 12.4. The second-order valence-electron chi connectivity index (χ2n) is 5.43. The second kappa shape index (κ2) is 5.54. The van der Waals surface area contributed by atoms with Gasteiger partial charge in [0, 0.05) is 0 Å². The quantitative estimate of drug-likeness (QED) is 0.804. The van der Waals surface area contributed by atoms with E-state index in [1.807, 2.05) is 12.1 Å². The van der Waals surface area contributed by atoms with Gasteiger partial charge in [-0.3, -0.25) is 0 Å². The maximum atomic E-state index is 5.32. The van der Waals surface area contributed by atoms with Crippen LogP contribution in [-0.2, 0) is 6.54 Å². The van der Waals surface area contributed by atoms with Crippen LogP contribution in [0.2, 0.25) is 0 Å². The lowest BCUT2D eigenvalue weighted by atomic mass is 9.75. The van der Waals surface area contributed by atoms with Crippen molar-refractivity contribution in [1.29, 1.82) is 0 Å². The van der Waals surface area contributed by atoms with E-state index in [1.54, 1.807) is 11.8 Å². The fourth-order valence-electron chi connectivity index (χ4n) is 2.98. The topological polar surface area (TPSA) is 25.2 Å². The highest BCUT2D eigenvalue weighted by Gasteiger charge is 2.26. The van der Waals surface area contributed by atoms with Crippen LogP contribution in [0.5, 0.6) is 0 Å². The van der Waals surface area contributed by atoms with Crippen LogP contribution in [0, 0.1) is 17.8 Å². The van der Waals surface area contributed by atoms with Crippen molar-refractivity contribution < 1.29 is 4.42 Å². The Morgan fingerprint density at radius 1 is 1.41 bits per heavy atom. The molecule has 0 radical (unpaired) electrons. The van der Waals surface area contributed by atoms with Crippen molar-refractivity contribution in [3.05, 3.63) is 35.8 Å². The molecule has 1 aliphatic carbocycles. The summed E-state index contributed by atoms with van der Waals surface area (Å²) in [5, 5.41) is 3.51. The molecular weight excluding hydrogens is 210 g/mol. The summed E-state index contributed by atoms with van der Waals surface area (Å²) in [6, 6.07) is 3.96. The zero-order chi connectivity index (χ0) is 12.3. The smallest absolute Gasteiger partial charge is 0.117 e. The van der Waals surface area contributed by atoms with E-state index >= 15 is 0 Å². The molecule has 1 heterocycles. The van der Waals surface area contributed by atoms with Crippen LogP contribution in [-0.4, -0.2) is 6.54 Å². The SMILES string of the molecule is CC1=CC(C)C(CNCc2ccco2)C(C)C1. The van der Waals surface area contributed by atoms with Crippen molar-refractivity contribution in [2.75, 3.05) is 6.54 Å². The lowest BCUT2D eigenvalue weighted by Gasteiger charge is -2.33. The van der Waals surface area contributed by atoms with Gasteiger partial charge in [-0.2, -0.15) is 0 Å². The number of furan rings is 1. The maximum Gasteiger partial charge on any atom is 0.117 e. The van der Waals surface area contributed by atoms with Gasteiger partial charge in [0.05, 0.1) is 12.8 Å². The van der Waals surface area contributed by atoms with Gasteiger partial charge in [0.25, 0.3) is 0 Å². The van der Waals surface area contributed by atoms with E-state index in [-0.39, 0.29) is 0 Å². The Kier molecular flexibility index (Phi) is 4.06. The molecular formula is C15H23NO. The van der Waals surface area contributed by atoms with Crippen LogP contribution in [0.15, 0.2) is 34.5 Å². The molecule has 3 unspecified atom stereocenters. The zero-order valence-electron chi connectivity index (χ0n) is 11.1. The van der Waals surface area contributed by atoms with Crippen LogP contribution >= 0.6 is 0 Å². The Bertz CT molecular complexity index is 366. The fourth-order valence-corrected chi connectivity index (χ4v) is 2.98. The Morgan fingerprint density at radius 3 is 2.88 bits per heavy atom. The summed E-state index contributed by atoms with van der Waals surface area (Å²) in [6.45, 7) is 8.86. The van der Waals surface area contributed by atoms with Crippen LogP contribution in [0.3, 0.4) is 0 Å². The highest BCUT2D eigenvalue weighted by Crippen LogP contribution is 2.32. The van der Waals surface area contributed by atoms with Gasteiger partial charge >= 0.3 is 0 Å². The third-order valence-corrected chi connectivity index (χ3v) is 3.86.